The average Bonchev–Trinajstić information content (AvgIpc) is 3.39. The fourth-order valence-corrected chi connectivity index (χ4v) is 3.84. The fraction of sp³-hybridized carbons (Fsp3) is 0.500. The molecule has 5 rings (SSSR count). The molecule has 1 unspecified atom stereocenters. The zero-order valence-electron chi connectivity index (χ0n) is 15.1. The lowest BCUT2D eigenvalue weighted by Crippen LogP contribution is -2.48. The summed E-state index contributed by atoms with van der Waals surface area (Å²) < 4.78 is 7.70. The number of fused-ring (bicyclic) bond motifs is 1. The van der Waals surface area contributed by atoms with Crippen molar-refractivity contribution in [1.82, 2.24) is 34.4 Å². The van der Waals surface area contributed by atoms with E-state index in [4.69, 9.17) is 4.74 Å². The van der Waals surface area contributed by atoms with Gasteiger partial charge in [0.1, 0.15) is 5.69 Å². The largest absolute Gasteiger partial charge is 0.377 e. The van der Waals surface area contributed by atoms with E-state index in [9.17, 15) is 0 Å². The Balaban J connectivity index is 1.34. The van der Waals surface area contributed by atoms with E-state index in [1.807, 2.05) is 10.6 Å². The highest BCUT2D eigenvalue weighted by atomic mass is 16.5. The molecule has 0 aliphatic carbocycles. The van der Waals surface area contributed by atoms with Crippen LogP contribution in [0.2, 0.25) is 0 Å². The summed E-state index contributed by atoms with van der Waals surface area (Å²) in [7, 11) is 0. The number of hydrogen-bond donors (Lipinski definition) is 0. The molecule has 27 heavy (non-hydrogen) atoms. The van der Waals surface area contributed by atoms with Crippen LogP contribution in [0.1, 0.15) is 12.8 Å². The summed E-state index contributed by atoms with van der Waals surface area (Å²) in [6.45, 7) is 5.81. The maximum Gasteiger partial charge on any atom is 0.204 e. The lowest BCUT2D eigenvalue weighted by Gasteiger charge is -2.36. The molecule has 0 radical (unpaired) electrons. The summed E-state index contributed by atoms with van der Waals surface area (Å²) in [6.07, 6.45) is 11.5. The Kier molecular flexibility index (Phi) is 4.38. The maximum absolute atomic E-state index is 5.77. The molecule has 2 saturated heterocycles. The number of piperazine rings is 1. The van der Waals surface area contributed by atoms with Gasteiger partial charge in [0, 0.05) is 64.1 Å². The highest BCUT2D eigenvalue weighted by molar-refractivity contribution is 5.67. The van der Waals surface area contributed by atoms with Crippen molar-refractivity contribution in [3.63, 3.8) is 0 Å². The summed E-state index contributed by atoms with van der Waals surface area (Å²) in [5.41, 5.74) is 1.45. The van der Waals surface area contributed by atoms with Gasteiger partial charge in [-0.1, -0.05) is 0 Å². The first-order valence-corrected chi connectivity index (χ1v) is 9.43. The maximum atomic E-state index is 5.77. The van der Waals surface area contributed by atoms with E-state index in [2.05, 4.69) is 34.9 Å². The molecule has 0 bridgehead atoms. The third kappa shape index (κ3) is 3.24. The van der Waals surface area contributed by atoms with Crippen LogP contribution in [0.5, 0.6) is 0 Å². The van der Waals surface area contributed by atoms with Crippen LogP contribution in [0.4, 0.5) is 5.82 Å². The second-order valence-corrected chi connectivity index (χ2v) is 6.98. The van der Waals surface area contributed by atoms with E-state index in [1.165, 1.54) is 12.8 Å². The average molecular weight is 366 g/mol. The van der Waals surface area contributed by atoms with E-state index in [1.54, 1.807) is 24.8 Å². The Morgan fingerprint density at radius 3 is 2.74 bits per heavy atom. The molecule has 0 N–H and O–H groups in total. The first-order chi connectivity index (χ1) is 13.4. The molecule has 2 aliphatic rings. The molecular weight excluding hydrogens is 344 g/mol. The van der Waals surface area contributed by atoms with Gasteiger partial charge in [0.2, 0.25) is 5.65 Å². The van der Waals surface area contributed by atoms with E-state index < -0.39 is 0 Å². The summed E-state index contributed by atoms with van der Waals surface area (Å²) >= 11 is 0. The molecular formula is C18H22N8O. The predicted octanol–water partition coefficient (Wildman–Crippen LogP) is 0.882. The van der Waals surface area contributed by atoms with Gasteiger partial charge in [-0.3, -0.25) is 14.3 Å². The summed E-state index contributed by atoms with van der Waals surface area (Å²) in [5.74, 6) is 1.55. The zero-order chi connectivity index (χ0) is 18.1. The summed E-state index contributed by atoms with van der Waals surface area (Å²) in [4.78, 5) is 17.8. The highest BCUT2D eigenvalue weighted by Crippen LogP contribution is 2.23. The molecule has 9 nitrogen and oxygen atoms in total. The number of ether oxygens (including phenoxy) is 1. The number of nitrogens with zero attached hydrogens (tertiary/aromatic N) is 8. The van der Waals surface area contributed by atoms with Gasteiger partial charge in [-0.15, -0.1) is 10.2 Å². The van der Waals surface area contributed by atoms with E-state index >= 15 is 0 Å². The molecule has 9 heteroatoms. The molecule has 0 aromatic carbocycles. The number of aromatic nitrogens is 6. The van der Waals surface area contributed by atoms with E-state index in [0.717, 1.165) is 50.8 Å². The molecule has 0 spiro atoms. The molecule has 0 saturated carbocycles. The van der Waals surface area contributed by atoms with E-state index in [0.29, 0.717) is 17.6 Å². The third-order valence-electron chi connectivity index (χ3n) is 5.26. The summed E-state index contributed by atoms with van der Waals surface area (Å²) in [5, 5.41) is 8.70. The van der Waals surface area contributed by atoms with Gasteiger partial charge in [0.25, 0.3) is 0 Å². The van der Waals surface area contributed by atoms with Gasteiger partial charge in [0.15, 0.2) is 11.6 Å². The molecule has 2 fully saturated rings. The topological polar surface area (TPSA) is 84.6 Å². The molecule has 3 aromatic rings. The molecule has 2 aliphatic heterocycles. The minimum atomic E-state index is 0.407. The van der Waals surface area contributed by atoms with Gasteiger partial charge < -0.3 is 9.64 Å². The van der Waals surface area contributed by atoms with Crippen LogP contribution >= 0.6 is 0 Å². The third-order valence-corrected chi connectivity index (χ3v) is 5.26. The molecule has 0 amide bonds. The van der Waals surface area contributed by atoms with Crippen molar-refractivity contribution >= 4 is 11.5 Å². The van der Waals surface area contributed by atoms with E-state index in [-0.39, 0.29) is 0 Å². The predicted molar refractivity (Wildman–Crippen MR) is 99.4 cm³/mol. The van der Waals surface area contributed by atoms with Gasteiger partial charge >= 0.3 is 0 Å². The second kappa shape index (κ2) is 7.16. The first-order valence-electron chi connectivity index (χ1n) is 9.43. The Morgan fingerprint density at radius 2 is 1.96 bits per heavy atom. The standard InChI is InChI=1S/C18H22N8O/c1-2-14(27-11-1)13-24-7-9-25(10-8-24)17-18-23-22-16(26(18)6-5-21-17)15-12-19-3-4-20-15/h3-6,12,14H,1-2,7-11,13H2. The number of rotatable bonds is 4. The van der Waals surface area contributed by atoms with Crippen molar-refractivity contribution in [3.8, 4) is 11.5 Å². The quantitative estimate of drug-likeness (QED) is 0.673. The smallest absolute Gasteiger partial charge is 0.204 e. The van der Waals surface area contributed by atoms with Crippen LogP contribution in [0.15, 0.2) is 31.0 Å². The number of hydrogen-bond acceptors (Lipinski definition) is 8. The van der Waals surface area contributed by atoms with Crippen molar-refractivity contribution in [2.45, 2.75) is 18.9 Å². The molecule has 3 aromatic heterocycles. The van der Waals surface area contributed by atoms with Crippen LogP contribution in [0.25, 0.3) is 17.2 Å². The second-order valence-electron chi connectivity index (χ2n) is 6.98. The Labute approximate surface area is 157 Å². The van der Waals surface area contributed by atoms with Crippen LogP contribution < -0.4 is 4.90 Å². The lowest BCUT2D eigenvalue weighted by molar-refractivity contribution is 0.0712. The van der Waals surface area contributed by atoms with Crippen molar-refractivity contribution in [2.24, 2.45) is 0 Å². The Morgan fingerprint density at radius 1 is 1.04 bits per heavy atom. The highest BCUT2D eigenvalue weighted by Gasteiger charge is 2.25. The number of anilines is 1. The first kappa shape index (κ1) is 16.5. The summed E-state index contributed by atoms with van der Waals surface area (Å²) in [6, 6.07) is 0. The minimum absolute atomic E-state index is 0.407. The Hall–Kier alpha value is -2.65. The molecule has 1 atom stereocenters. The van der Waals surface area contributed by atoms with Crippen molar-refractivity contribution in [1.29, 1.82) is 0 Å². The van der Waals surface area contributed by atoms with Gasteiger partial charge in [0.05, 0.1) is 12.3 Å². The van der Waals surface area contributed by atoms with Crippen molar-refractivity contribution < 1.29 is 4.74 Å². The minimum Gasteiger partial charge on any atom is -0.377 e. The Bertz CT molecular complexity index is 900. The van der Waals surface area contributed by atoms with Gasteiger partial charge in [-0.25, -0.2) is 9.97 Å². The molecule has 140 valence electrons. The lowest BCUT2D eigenvalue weighted by atomic mass is 10.2. The van der Waals surface area contributed by atoms with Crippen LogP contribution in [0.3, 0.4) is 0 Å². The molecule has 5 heterocycles. The van der Waals surface area contributed by atoms with Crippen LogP contribution in [0, 0.1) is 0 Å². The monoisotopic (exact) mass is 366 g/mol. The van der Waals surface area contributed by atoms with Crippen molar-refractivity contribution in [3.05, 3.63) is 31.0 Å². The zero-order valence-corrected chi connectivity index (χ0v) is 15.1. The fourth-order valence-electron chi connectivity index (χ4n) is 3.84. The van der Waals surface area contributed by atoms with Crippen LogP contribution in [-0.2, 0) is 4.74 Å². The van der Waals surface area contributed by atoms with Crippen molar-refractivity contribution in [2.75, 3.05) is 44.2 Å². The normalized spacial score (nSPS) is 21.2. The van der Waals surface area contributed by atoms with Crippen LogP contribution in [-0.4, -0.2) is 79.9 Å². The SMILES string of the molecule is c1cnc(-c2nnc3c(N4CCN(CC5CCCO5)CC4)nccn23)cn1. The van der Waals surface area contributed by atoms with Gasteiger partial charge in [-0.05, 0) is 12.8 Å². The van der Waals surface area contributed by atoms with Gasteiger partial charge in [-0.2, -0.15) is 0 Å².